The second kappa shape index (κ2) is 5.09. The van der Waals surface area contributed by atoms with Gasteiger partial charge in [-0.05, 0) is 5.92 Å². The fourth-order valence-corrected chi connectivity index (χ4v) is 0.650. The highest BCUT2D eigenvalue weighted by molar-refractivity contribution is 5.69. The van der Waals surface area contributed by atoms with Crippen LogP contribution >= 0.6 is 0 Å². The maximum Gasteiger partial charge on any atom is 0.422 e. The summed E-state index contributed by atoms with van der Waals surface area (Å²) in [6.07, 6.45) is -3.63. The van der Waals surface area contributed by atoms with E-state index in [1.807, 2.05) is 6.92 Å². The third-order valence-corrected chi connectivity index (χ3v) is 1.61. The average molecular weight is 198 g/mol. The first kappa shape index (κ1) is 12.3. The molecule has 0 aliphatic carbocycles. The molecule has 0 spiro atoms. The lowest BCUT2D eigenvalue weighted by atomic mass is 10.1. The van der Waals surface area contributed by atoms with Crippen molar-refractivity contribution < 1.29 is 22.7 Å². The van der Waals surface area contributed by atoms with Crippen molar-refractivity contribution in [2.24, 2.45) is 5.92 Å². The minimum Gasteiger partial charge on any atom is -0.456 e. The van der Waals surface area contributed by atoms with Crippen molar-refractivity contribution in [2.45, 2.75) is 32.9 Å². The van der Waals surface area contributed by atoms with Gasteiger partial charge in [-0.25, -0.2) is 0 Å². The van der Waals surface area contributed by atoms with Gasteiger partial charge in [-0.3, -0.25) is 4.79 Å². The Morgan fingerprint density at radius 2 is 2.00 bits per heavy atom. The van der Waals surface area contributed by atoms with Gasteiger partial charge in [0.25, 0.3) is 0 Å². The molecular formula is C8H13F3O2. The van der Waals surface area contributed by atoms with E-state index < -0.39 is 18.8 Å². The Bertz CT molecular complexity index is 165. The molecule has 0 aliphatic heterocycles. The van der Waals surface area contributed by atoms with Gasteiger partial charge < -0.3 is 4.74 Å². The summed E-state index contributed by atoms with van der Waals surface area (Å²) < 4.78 is 38.7. The Labute approximate surface area is 75.1 Å². The molecule has 0 saturated heterocycles. The summed E-state index contributed by atoms with van der Waals surface area (Å²) in [4.78, 5) is 10.7. The normalized spacial score (nSPS) is 13.9. The van der Waals surface area contributed by atoms with E-state index in [0.29, 0.717) is 0 Å². The fourth-order valence-electron chi connectivity index (χ4n) is 0.650. The Morgan fingerprint density at radius 3 is 2.38 bits per heavy atom. The predicted octanol–water partition coefficient (Wildman–Crippen LogP) is 2.53. The molecule has 0 amide bonds. The van der Waals surface area contributed by atoms with E-state index in [4.69, 9.17) is 0 Å². The minimum absolute atomic E-state index is 0.0482. The van der Waals surface area contributed by atoms with E-state index in [1.54, 1.807) is 6.92 Å². The van der Waals surface area contributed by atoms with Crippen molar-refractivity contribution >= 4 is 5.97 Å². The van der Waals surface area contributed by atoms with Crippen molar-refractivity contribution in [3.8, 4) is 0 Å². The van der Waals surface area contributed by atoms with E-state index in [-0.39, 0.29) is 12.3 Å². The summed E-state index contributed by atoms with van der Waals surface area (Å²) in [6.45, 7) is 2.17. The molecule has 0 aliphatic rings. The first-order chi connectivity index (χ1) is 5.85. The van der Waals surface area contributed by atoms with Crippen LogP contribution in [0, 0.1) is 5.92 Å². The van der Waals surface area contributed by atoms with Gasteiger partial charge >= 0.3 is 12.1 Å². The van der Waals surface area contributed by atoms with Crippen molar-refractivity contribution in [3.05, 3.63) is 0 Å². The quantitative estimate of drug-likeness (QED) is 0.649. The first-order valence-electron chi connectivity index (χ1n) is 4.07. The number of carbonyl (C=O) groups excluding carboxylic acids is 1. The number of hydrogen-bond donors (Lipinski definition) is 0. The maximum absolute atomic E-state index is 11.6. The van der Waals surface area contributed by atoms with Crippen LogP contribution in [0.2, 0.25) is 0 Å². The second-order valence-electron chi connectivity index (χ2n) is 2.99. The Kier molecular flexibility index (Phi) is 4.80. The maximum atomic E-state index is 11.6. The zero-order chi connectivity index (χ0) is 10.5. The van der Waals surface area contributed by atoms with E-state index >= 15 is 0 Å². The van der Waals surface area contributed by atoms with E-state index in [1.165, 1.54) is 0 Å². The smallest absolute Gasteiger partial charge is 0.422 e. The molecule has 1 unspecified atom stereocenters. The molecule has 0 N–H and O–H groups in total. The number of hydrogen-bond acceptors (Lipinski definition) is 2. The number of ether oxygens (including phenoxy) is 1. The molecule has 5 heteroatoms. The van der Waals surface area contributed by atoms with Crippen LogP contribution in [0.4, 0.5) is 13.2 Å². The molecule has 0 fully saturated rings. The highest BCUT2D eigenvalue weighted by Crippen LogP contribution is 2.15. The molecule has 0 radical (unpaired) electrons. The van der Waals surface area contributed by atoms with Gasteiger partial charge in [-0.2, -0.15) is 13.2 Å². The van der Waals surface area contributed by atoms with Crippen molar-refractivity contribution in [1.82, 2.24) is 0 Å². The Balaban J connectivity index is 3.64. The lowest BCUT2D eigenvalue weighted by molar-refractivity contribution is -0.186. The molecular weight excluding hydrogens is 185 g/mol. The molecule has 0 rings (SSSR count). The molecule has 0 saturated carbocycles. The van der Waals surface area contributed by atoms with Gasteiger partial charge in [0.2, 0.25) is 0 Å². The van der Waals surface area contributed by atoms with Crippen LogP contribution < -0.4 is 0 Å². The molecule has 0 aromatic carbocycles. The summed E-state index contributed by atoms with van der Waals surface area (Å²) in [6, 6.07) is 0. The number of alkyl halides is 3. The van der Waals surface area contributed by atoms with Crippen LogP contribution in [0.15, 0.2) is 0 Å². The summed E-state index contributed by atoms with van der Waals surface area (Å²) in [5.41, 5.74) is 0. The Hall–Kier alpha value is -0.740. The fraction of sp³-hybridized carbons (Fsp3) is 0.875. The van der Waals surface area contributed by atoms with E-state index in [2.05, 4.69) is 4.74 Å². The van der Waals surface area contributed by atoms with Gasteiger partial charge in [0.1, 0.15) is 0 Å². The first-order valence-corrected chi connectivity index (χ1v) is 4.07. The molecule has 0 heterocycles. The lowest BCUT2D eigenvalue weighted by Gasteiger charge is -2.10. The van der Waals surface area contributed by atoms with Crippen molar-refractivity contribution in [3.63, 3.8) is 0 Å². The molecule has 1 atom stereocenters. The molecule has 0 aromatic heterocycles. The number of carbonyl (C=O) groups is 1. The zero-order valence-electron chi connectivity index (χ0n) is 7.65. The summed E-state index contributed by atoms with van der Waals surface area (Å²) in [5.74, 6) is -0.715. The standard InChI is InChI=1S/C8H13F3O2/c1-3-6(2)4-7(12)13-5-8(9,10)11/h6H,3-5H2,1-2H3. The molecule has 13 heavy (non-hydrogen) atoms. The predicted molar refractivity (Wildman–Crippen MR) is 41.1 cm³/mol. The van der Waals surface area contributed by atoms with Crippen LogP contribution in [0.3, 0.4) is 0 Å². The van der Waals surface area contributed by atoms with Gasteiger partial charge in [-0.1, -0.05) is 20.3 Å². The van der Waals surface area contributed by atoms with Gasteiger partial charge in [0.15, 0.2) is 6.61 Å². The average Bonchev–Trinajstić information content (AvgIpc) is 1.99. The van der Waals surface area contributed by atoms with Crippen LogP contribution in [0.1, 0.15) is 26.7 Å². The largest absolute Gasteiger partial charge is 0.456 e. The van der Waals surface area contributed by atoms with Gasteiger partial charge in [0.05, 0.1) is 0 Å². The van der Waals surface area contributed by atoms with Crippen LogP contribution in [0.25, 0.3) is 0 Å². The molecule has 0 aromatic rings. The van der Waals surface area contributed by atoms with Crippen LogP contribution in [0.5, 0.6) is 0 Å². The Morgan fingerprint density at radius 1 is 1.46 bits per heavy atom. The summed E-state index contributed by atoms with van der Waals surface area (Å²) in [5, 5.41) is 0. The number of rotatable bonds is 4. The third-order valence-electron chi connectivity index (χ3n) is 1.61. The topological polar surface area (TPSA) is 26.3 Å². The SMILES string of the molecule is CCC(C)CC(=O)OCC(F)(F)F. The van der Waals surface area contributed by atoms with Crippen LogP contribution in [-0.2, 0) is 9.53 Å². The number of halogens is 3. The summed E-state index contributed by atoms with van der Waals surface area (Å²) in [7, 11) is 0. The molecule has 0 bridgehead atoms. The van der Waals surface area contributed by atoms with Crippen molar-refractivity contribution in [1.29, 1.82) is 0 Å². The molecule has 2 nitrogen and oxygen atoms in total. The number of esters is 1. The van der Waals surface area contributed by atoms with Gasteiger partial charge in [0, 0.05) is 6.42 Å². The molecule has 78 valence electrons. The van der Waals surface area contributed by atoms with Crippen molar-refractivity contribution in [2.75, 3.05) is 6.61 Å². The zero-order valence-corrected chi connectivity index (χ0v) is 7.65. The summed E-state index contributed by atoms with van der Waals surface area (Å²) >= 11 is 0. The van der Waals surface area contributed by atoms with E-state index in [9.17, 15) is 18.0 Å². The van der Waals surface area contributed by atoms with Crippen LogP contribution in [-0.4, -0.2) is 18.8 Å². The minimum atomic E-state index is -4.43. The second-order valence-corrected chi connectivity index (χ2v) is 2.99. The highest BCUT2D eigenvalue weighted by atomic mass is 19.4. The third kappa shape index (κ3) is 7.62. The monoisotopic (exact) mass is 198 g/mol. The highest BCUT2D eigenvalue weighted by Gasteiger charge is 2.29. The lowest BCUT2D eigenvalue weighted by Crippen LogP contribution is -2.21. The van der Waals surface area contributed by atoms with Gasteiger partial charge in [-0.15, -0.1) is 0 Å². The van der Waals surface area contributed by atoms with E-state index in [0.717, 1.165) is 6.42 Å².